The Morgan fingerprint density at radius 1 is 1.08 bits per heavy atom. The molecule has 1 amide bonds. The fourth-order valence-electron chi connectivity index (χ4n) is 3.32. The first-order valence-electron chi connectivity index (χ1n) is 9.03. The molecule has 1 heterocycles. The molecule has 1 aliphatic rings. The molecule has 3 rings (SSSR count). The number of anilines is 1. The van der Waals surface area contributed by atoms with Gasteiger partial charge in [0.25, 0.3) is 0 Å². The molecule has 2 aromatic rings. The zero-order valence-corrected chi connectivity index (χ0v) is 15.5. The van der Waals surface area contributed by atoms with Gasteiger partial charge in [-0.15, -0.1) is 0 Å². The van der Waals surface area contributed by atoms with Crippen molar-refractivity contribution in [2.24, 2.45) is 0 Å². The minimum absolute atomic E-state index is 0.188. The van der Waals surface area contributed by atoms with E-state index >= 15 is 0 Å². The Labute approximate surface area is 154 Å². The first kappa shape index (κ1) is 18.3. The van der Waals surface area contributed by atoms with Crippen molar-refractivity contribution in [2.45, 2.75) is 19.3 Å². The molecule has 0 atom stereocenters. The van der Waals surface area contributed by atoms with E-state index in [-0.39, 0.29) is 5.91 Å². The topological polar surface area (TPSA) is 50.8 Å². The van der Waals surface area contributed by atoms with Crippen molar-refractivity contribution in [3.8, 4) is 11.5 Å². The summed E-state index contributed by atoms with van der Waals surface area (Å²) in [6.45, 7) is 2.30. The van der Waals surface area contributed by atoms with Crippen molar-refractivity contribution in [3.05, 3.63) is 53.6 Å². The normalized spacial score (nSPS) is 12.8. The van der Waals surface area contributed by atoms with Gasteiger partial charge in [-0.3, -0.25) is 4.79 Å². The number of para-hydroxylation sites is 1. The van der Waals surface area contributed by atoms with Gasteiger partial charge in [-0.2, -0.15) is 0 Å². The molecular formula is C21H26N2O3. The van der Waals surface area contributed by atoms with Crippen molar-refractivity contribution >= 4 is 11.6 Å². The predicted octanol–water partition coefficient (Wildman–Crippen LogP) is 2.82. The van der Waals surface area contributed by atoms with E-state index in [9.17, 15) is 4.79 Å². The monoisotopic (exact) mass is 354 g/mol. The summed E-state index contributed by atoms with van der Waals surface area (Å²) in [7, 11) is 3.27. The molecule has 1 N–H and O–H groups in total. The highest BCUT2D eigenvalue weighted by molar-refractivity contribution is 5.95. The van der Waals surface area contributed by atoms with Crippen LogP contribution in [-0.2, 0) is 17.6 Å². The standard InChI is InChI=1S/C21H26N2O3/c1-25-19-8-7-16(15-20(19)26-2)9-12-22-13-10-21(24)23-14-11-17-5-3-4-6-18(17)23/h3-8,15,22H,9-14H2,1-2H3. The van der Waals surface area contributed by atoms with Crippen molar-refractivity contribution < 1.29 is 14.3 Å². The lowest BCUT2D eigenvalue weighted by Crippen LogP contribution is -2.32. The number of hydrogen-bond acceptors (Lipinski definition) is 4. The van der Waals surface area contributed by atoms with Crippen LogP contribution >= 0.6 is 0 Å². The number of hydrogen-bond donors (Lipinski definition) is 1. The van der Waals surface area contributed by atoms with Crippen molar-refractivity contribution in [2.75, 3.05) is 38.8 Å². The summed E-state index contributed by atoms with van der Waals surface area (Å²) in [5.74, 6) is 1.67. The summed E-state index contributed by atoms with van der Waals surface area (Å²) >= 11 is 0. The summed E-state index contributed by atoms with van der Waals surface area (Å²) < 4.78 is 10.6. The second-order valence-electron chi connectivity index (χ2n) is 6.36. The minimum atomic E-state index is 0.188. The Bertz CT molecular complexity index is 761. The van der Waals surface area contributed by atoms with Gasteiger partial charge >= 0.3 is 0 Å². The SMILES string of the molecule is COc1ccc(CCNCCC(=O)N2CCc3ccccc32)cc1OC. The van der Waals surface area contributed by atoms with Gasteiger partial charge in [-0.1, -0.05) is 24.3 Å². The number of fused-ring (bicyclic) bond motifs is 1. The molecule has 0 spiro atoms. The second-order valence-corrected chi connectivity index (χ2v) is 6.36. The summed E-state index contributed by atoms with van der Waals surface area (Å²) in [6.07, 6.45) is 2.34. The van der Waals surface area contributed by atoms with Crippen LogP contribution in [0.25, 0.3) is 0 Å². The van der Waals surface area contributed by atoms with Crippen LogP contribution in [0.1, 0.15) is 17.5 Å². The molecule has 0 aliphatic carbocycles. The summed E-state index contributed by atoms with van der Waals surface area (Å²) in [5, 5.41) is 3.36. The van der Waals surface area contributed by atoms with Gasteiger partial charge in [0.15, 0.2) is 11.5 Å². The van der Waals surface area contributed by atoms with E-state index in [2.05, 4.69) is 11.4 Å². The Balaban J connectivity index is 1.42. The van der Waals surface area contributed by atoms with E-state index in [1.54, 1.807) is 14.2 Å². The number of rotatable bonds is 8. The fourth-order valence-corrected chi connectivity index (χ4v) is 3.32. The van der Waals surface area contributed by atoms with Crippen molar-refractivity contribution in [1.82, 2.24) is 5.32 Å². The van der Waals surface area contributed by atoms with Gasteiger partial charge in [0, 0.05) is 25.2 Å². The predicted molar refractivity (Wildman–Crippen MR) is 103 cm³/mol. The molecule has 138 valence electrons. The van der Waals surface area contributed by atoms with Crippen molar-refractivity contribution in [3.63, 3.8) is 0 Å². The molecular weight excluding hydrogens is 328 g/mol. The molecule has 0 radical (unpaired) electrons. The Morgan fingerprint density at radius 2 is 1.88 bits per heavy atom. The number of amides is 1. The van der Waals surface area contributed by atoms with Gasteiger partial charge in [0.1, 0.15) is 0 Å². The van der Waals surface area contributed by atoms with E-state index < -0.39 is 0 Å². The van der Waals surface area contributed by atoms with Crippen LogP contribution in [0.2, 0.25) is 0 Å². The van der Waals surface area contributed by atoms with Crippen LogP contribution in [-0.4, -0.2) is 39.8 Å². The van der Waals surface area contributed by atoms with Gasteiger partial charge in [0.2, 0.25) is 5.91 Å². The molecule has 0 saturated heterocycles. The first-order chi connectivity index (χ1) is 12.7. The van der Waals surface area contributed by atoms with Crippen LogP contribution in [0.15, 0.2) is 42.5 Å². The van der Waals surface area contributed by atoms with Crippen molar-refractivity contribution in [1.29, 1.82) is 0 Å². The number of carbonyl (C=O) groups is 1. The average Bonchev–Trinajstić information content (AvgIpc) is 3.11. The van der Waals surface area contributed by atoms with E-state index in [0.717, 1.165) is 43.1 Å². The van der Waals surface area contributed by atoms with Crippen LogP contribution in [0.4, 0.5) is 5.69 Å². The largest absolute Gasteiger partial charge is 0.493 e. The molecule has 0 bridgehead atoms. The summed E-state index contributed by atoms with van der Waals surface area (Å²) in [4.78, 5) is 14.4. The summed E-state index contributed by atoms with van der Waals surface area (Å²) in [6, 6.07) is 14.1. The van der Waals surface area contributed by atoms with Crippen LogP contribution in [0.5, 0.6) is 11.5 Å². The maximum absolute atomic E-state index is 12.5. The number of carbonyl (C=O) groups excluding carboxylic acids is 1. The maximum atomic E-state index is 12.5. The molecule has 1 aliphatic heterocycles. The average molecular weight is 354 g/mol. The molecule has 5 heteroatoms. The molecule has 5 nitrogen and oxygen atoms in total. The zero-order valence-electron chi connectivity index (χ0n) is 15.5. The highest BCUT2D eigenvalue weighted by Crippen LogP contribution is 2.28. The van der Waals surface area contributed by atoms with Crippen LogP contribution < -0.4 is 19.7 Å². The third-order valence-corrected chi connectivity index (χ3v) is 4.74. The molecule has 0 aromatic heterocycles. The number of methoxy groups -OCH3 is 2. The number of benzene rings is 2. The summed E-state index contributed by atoms with van der Waals surface area (Å²) in [5.41, 5.74) is 3.51. The zero-order chi connectivity index (χ0) is 18.4. The highest BCUT2D eigenvalue weighted by Gasteiger charge is 2.23. The quantitative estimate of drug-likeness (QED) is 0.741. The highest BCUT2D eigenvalue weighted by atomic mass is 16.5. The Morgan fingerprint density at radius 3 is 2.69 bits per heavy atom. The fraction of sp³-hybridized carbons (Fsp3) is 0.381. The van der Waals surface area contributed by atoms with Gasteiger partial charge in [0.05, 0.1) is 14.2 Å². The third-order valence-electron chi connectivity index (χ3n) is 4.74. The second kappa shape index (κ2) is 8.72. The van der Waals surface area contributed by atoms with Gasteiger partial charge < -0.3 is 19.7 Å². The van der Waals surface area contributed by atoms with E-state index in [4.69, 9.17) is 9.47 Å². The lowest BCUT2D eigenvalue weighted by Gasteiger charge is -2.17. The third kappa shape index (κ3) is 4.17. The smallest absolute Gasteiger partial charge is 0.228 e. The molecule has 0 unspecified atom stereocenters. The first-order valence-corrected chi connectivity index (χ1v) is 9.03. The molecule has 0 fully saturated rings. The van der Waals surface area contributed by atoms with Crippen LogP contribution in [0.3, 0.4) is 0 Å². The Hall–Kier alpha value is -2.53. The molecule has 26 heavy (non-hydrogen) atoms. The van der Waals surface area contributed by atoms with E-state index in [0.29, 0.717) is 13.0 Å². The van der Waals surface area contributed by atoms with E-state index in [1.807, 2.05) is 41.3 Å². The maximum Gasteiger partial charge on any atom is 0.228 e. The number of nitrogens with zero attached hydrogens (tertiary/aromatic N) is 1. The van der Waals surface area contributed by atoms with Gasteiger partial charge in [-0.25, -0.2) is 0 Å². The molecule has 2 aromatic carbocycles. The number of nitrogens with one attached hydrogen (secondary N) is 1. The van der Waals surface area contributed by atoms with Crippen LogP contribution in [0, 0.1) is 0 Å². The minimum Gasteiger partial charge on any atom is -0.493 e. The molecule has 0 saturated carbocycles. The van der Waals surface area contributed by atoms with E-state index in [1.165, 1.54) is 11.1 Å². The number of ether oxygens (including phenoxy) is 2. The van der Waals surface area contributed by atoms with Gasteiger partial charge in [-0.05, 0) is 48.7 Å². The lowest BCUT2D eigenvalue weighted by molar-refractivity contribution is -0.118. The Kier molecular flexibility index (Phi) is 6.12. The lowest BCUT2D eigenvalue weighted by atomic mass is 10.1.